The van der Waals surface area contributed by atoms with Crippen LogP contribution in [0.3, 0.4) is 0 Å². The molecule has 2 N–H and O–H groups in total. The monoisotopic (exact) mass is 378 g/mol. The van der Waals surface area contributed by atoms with Crippen molar-refractivity contribution < 1.29 is 9.90 Å². The summed E-state index contributed by atoms with van der Waals surface area (Å²) in [5.74, 6) is -0.290. The van der Waals surface area contributed by atoms with Crippen molar-refractivity contribution in [3.63, 3.8) is 0 Å². The molecule has 0 aliphatic carbocycles. The fraction of sp³-hybridized carbons (Fsp3) is 0.696. The van der Waals surface area contributed by atoms with E-state index in [1.807, 2.05) is 30.3 Å². The van der Waals surface area contributed by atoms with Crippen LogP contribution in [0.1, 0.15) is 71.3 Å². The molecule has 4 heteroatoms. The highest BCUT2D eigenvalue weighted by molar-refractivity contribution is 5.75. The number of benzene rings is 1. The number of carboxylic acids is 1. The maximum Gasteiger partial charge on any atom is 0.310 e. The van der Waals surface area contributed by atoms with E-state index in [-0.39, 0.29) is 0 Å². The van der Waals surface area contributed by atoms with Crippen LogP contribution in [0, 0.1) is 5.92 Å². The van der Waals surface area contributed by atoms with Crippen LogP contribution in [0.15, 0.2) is 30.3 Å². The summed E-state index contributed by atoms with van der Waals surface area (Å²) in [5, 5.41) is 11.9. The minimum atomic E-state index is -0.781. The summed E-state index contributed by atoms with van der Waals surface area (Å²) >= 11 is 0. The molecule has 1 aliphatic rings. The highest BCUT2D eigenvalue weighted by Gasteiger charge is 2.11. The van der Waals surface area contributed by atoms with Crippen LogP contribution in [0.4, 0.5) is 0 Å². The number of nitrogens with one attached hydrogen (secondary N) is 1. The average Bonchev–Trinajstić information content (AvgIpc) is 2.73. The molecule has 1 aromatic carbocycles. The summed E-state index contributed by atoms with van der Waals surface area (Å²) < 4.78 is 0. The maximum absolute atomic E-state index is 10.5. The fourth-order valence-electron chi connectivity index (χ4n) is 2.49. The summed E-state index contributed by atoms with van der Waals surface area (Å²) in [4.78, 5) is 12.9. The highest BCUT2D eigenvalue weighted by Crippen LogP contribution is 2.13. The van der Waals surface area contributed by atoms with Crippen molar-refractivity contribution >= 4 is 5.97 Å². The summed E-state index contributed by atoms with van der Waals surface area (Å²) in [6.45, 7) is 13.4. The SMILES string of the molecule is C1CCNCC1.CC(C(=O)O)c1ccccc1.CCC(C)CCN(C)CC. The quantitative estimate of drug-likeness (QED) is 0.700. The first-order valence-corrected chi connectivity index (χ1v) is 10.6. The molecular weight excluding hydrogens is 336 g/mol. The van der Waals surface area contributed by atoms with E-state index < -0.39 is 11.9 Å². The van der Waals surface area contributed by atoms with E-state index in [1.165, 1.54) is 58.3 Å². The topological polar surface area (TPSA) is 52.6 Å². The second-order valence-corrected chi connectivity index (χ2v) is 7.48. The number of nitrogens with zero attached hydrogens (tertiary/aromatic N) is 1. The van der Waals surface area contributed by atoms with Crippen molar-refractivity contribution in [2.75, 3.05) is 33.2 Å². The minimum absolute atomic E-state index is 0.406. The lowest BCUT2D eigenvalue weighted by atomic mass is 10.0. The van der Waals surface area contributed by atoms with Crippen LogP contribution in [0.2, 0.25) is 0 Å². The number of rotatable bonds is 7. The second-order valence-electron chi connectivity index (χ2n) is 7.48. The Balaban J connectivity index is 0.000000391. The summed E-state index contributed by atoms with van der Waals surface area (Å²) in [6, 6.07) is 9.19. The van der Waals surface area contributed by atoms with Gasteiger partial charge in [-0.25, -0.2) is 0 Å². The lowest BCUT2D eigenvalue weighted by molar-refractivity contribution is -0.138. The van der Waals surface area contributed by atoms with Crippen LogP contribution < -0.4 is 5.32 Å². The summed E-state index contributed by atoms with van der Waals surface area (Å²) in [6.07, 6.45) is 6.88. The first-order chi connectivity index (χ1) is 12.9. The Hall–Kier alpha value is -1.39. The van der Waals surface area contributed by atoms with Crippen molar-refractivity contribution in [1.82, 2.24) is 10.2 Å². The molecule has 0 radical (unpaired) electrons. The van der Waals surface area contributed by atoms with Crippen LogP contribution in [0.5, 0.6) is 0 Å². The van der Waals surface area contributed by atoms with Crippen LogP contribution in [-0.4, -0.2) is 49.2 Å². The van der Waals surface area contributed by atoms with Gasteiger partial charge in [0, 0.05) is 0 Å². The van der Waals surface area contributed by atoms with Gasteiger partial charge < -0.3 is 15.3 Å². The van der Waals surface area contributed by atoms with Gasteiger partial charge in [0.05, 0.1) is 5.92 Å². The molecule has 0 amide bonds. The predicted octanol–water partition coefficient (Wildman–Crippen LogP) is 5.01. The molecule has 2 rings (SSSR count). The molecule has 0 aromatic heterocycles. The highest BCUT2D eigenvalue weighted by atomic mass is 16.4. The lowest BCUT2D eigenvalue weighted by Gasteiger charge is -2.15. The Morgan fingerprint density at radius 2 is 1.70 bits per heavy atom. The van der Waals surface area contributed by atoms with Gasteiger partial charge in [-0.15, -0.1) is 0 Å². The van der Waals surface area contributed by atoms with Gasteiger partial charge >= 0.3 is 5.97 Å². The van der Waals surface area contributed by atoms with Crippen molar-refractivity contribution in [3.8, 4) is 0 Å². The third-order valence-electron chi connectivity index (χ3n) is 5.12. The van der Waals surface area contributed by atoms with E-state index in [0.29, 0.717) is 0 Å². The molecule has 1 aliphatic heterocycles. The zero-order valence-corrected chi connectivity index (χ0v) is 18.2. The number of piperidine rings is 1. The Kier molecular flexibility index (Phi) is 15.9. The van der Waals surface area contributed by atoms with Crippen LogP contribution in [0.25, 0.3) is 0 Å². The van der Waals surface area contributed by atoms with Crippen molar-refractivity contribution in [1.29, 1.82) is 0 Å². The smallest absolute Gasteiger partial charge is 0.310 e. The maximum atomic E-state index is 10.5. The molecule has 2 unspecified atom stereocenters. The number of hydrogen-bond donors (Lipinski definition) is 2. The van der Waals surface area contributed by atoms with E-state index in [1.54, 1.807) is 6.92 Å². The molecule has 156 valence electrons. The molecule has 1 aromatic rings. The Morgan fingerprint density at radius 1 is 1.11 bits per heavy atom. The zero-order chi connectivity index (χ0) is 20.5. The molecule has 0 saturated carbocycles. The van der Waals surface area contributed by atoms with Gasteiger partial charge in [0.2, 0.25) is 0 Å². The molecule has 1 fully saturated rings. The van der Waals surface area contributed by atoms with E-state index in [2.05, 4.69) is 38.0 Å². The van der Waals surface area contributed by atoms with E-state index >= 15 is 0 Å². The number of aliphatic carboxylic acids is 1. The molecule has 2 atom stereocenters. The Morgan fingerprint density at radius 3 is 2.07 bits per heavy atom. The van der Waals surface area contributed by atoms with Gasteiger partial charge in [-0.2, -0.15) is 0 Å². The molecule has 0 spiro atoms. The van der Waals surface area contributed by atoms with Gasteiger partial charge in [-0.05, 0) is 70.9 Å². The minimum Gasteiger partial charge on any atom is -0.481 e. The normalized spacial score (nSPS) is 15.6. The molecular formula is C23H42N2O2. The van der Waals surface area contributed by atoms with Crippen molar-refractivity contribution in [3.05, 3.63) is 35.9 Å². The Bertz CT molecular complexity index is 439. The third-order valence-corrected chi connectivity index (χ3v) is 5.12. The zero-order valence-electron chi connectivity index (χ0n) is 18.2. The average molecular weight is 379 g/mol. The molecule has 1 saturated heterocycles. The van der Waals surface area contributed by atoms with Gasteiger partial charge in [0.25, 0.3) is 0 Å². The van der Waals surface area contributed by atoms with E-state index in [9.17, 15) is 4.79 Å². The largest absolute Gasteiger partial charge is 0.481 e. The molecule has 0 bridgehead atoms. The number of carboxylic acid groups (broad SMARTS) is 1. The summed E-state index contributed by atoms with van der Waals surface area (Å²) in [7, 11) is 2.18. The van der Waals surface area contributed by atoms with Gasteiger partial charge in [0.15, 0.2) is 0 Å². The molecule has 27 heavy (non-hydrogen) atoms. The van der Waals surface area contributed by atoms with Gasteiger partial charge in [-0.1, -0.05) is 63.9 Å². The number of carbonyl (C=O) groups is 1. The van der Waals surface area contributed by atoms with E-state index in [4.69, 9.17) is 5.11 Å². The van der Waals surface area contributed by atoms with Crippen LogP contribution >= 0.6 is 0 Å². The lowest BCUT2D eigenvalue weighted by Crippen LogP contribution is -2.21. The standard InChI is InChI=1S/C9H21N.C9H10O2.C5H11N/c1-5-9(3)7-8-10(4)6-2;1-7(9(10)11)8-5-3-2-4-6-8;1-2-4-6-5-3-1/h9H,5-8H2,1-4H3;2-7H,1H3,(H,10,11);6H,1-5H2. The van der Waals surface area contributed by atoms with Crippen molar-refractivity contribution in [2.24, 2.45) is 5.92 Å². The van der Waals surface area contributed by atoms with E-state index in [0.717, 1.165) is 11.5 Å². The summed E-state index contributed by atoms with van der Waals surface area (Å²) in [5.41, 5.74) is 0.847. The van der Waals surface area contributed by atoms with Crippen molar-refractivity contribution in [2.45, 2.75) is 65.7 Å². The first-order valence-electron chi connectivity index (χ1n) is 10.6. The van der Waals surface area contributed by atoms with Gasteiger partial charge in [0.1, 0.15) is 0 Å². The third kappa shape index (κ3) is 14.3. The number of hydrogen-bond acceptors (Lipinski definition) is 3. The molecule has 4 nitrogen and oxygen atoms in total. The first kappa shape index (κ1) is 25.6. The predicted molar refractivity (Wildman–Crippen MR) is 116 cm³/mol. The fourth-order valence-corrected chi connectivity index (χ4v) is 2.49. The Labute approximate surface area is 167 Å². The van der Waals surface area contributed by atoms with Gasteiger partial charge in [-0.3, -0.25) is 4.79 Å². The second kappa shape index (κ2) is 16.8. The molecule has 1 heterocycles. The van der Waals surface area contributed by atoms with Crippen LogP contribution in [-0.2, 0) is 4.79 Å².